The summed E-state index contributed by atoms with van der Waals surface area (Å²) in [5, 5.41) is 13.4. The number of nitro benzene ring substituents is 1. The van der Waals surface area contributed by atoms with E-state index < -0.39 is 4.92 Å². The molecule has 1 rings (SSSR count). The van der Waals surface area contributed by atoms with Crippen molar-refractivity contribution in [3.8, 4) is 0 Å². The number of nitro groups is 1. The average Bonchev–Trinajstić information content (AvgIpc) is 2.19. The first-order valence-electron chi connectivity index (χ1n) is 4.09. The van der Waals surface area contributed by atoms with Crippen molar-refractivity contribution in [1.82, 2.24) is 0 Å². The lowest BCUT2D eigenvalue weighted by Crippen LogP contribution is -1.98. The molecule has 0 fully saturated rings. The van der Waals surface area contributed by atoms with Crippen LogP contribution in [0.15, 0.2) is 36.5 Å². The highest BCUT2D eigenvalue weighted by molar-refractivity contribution is 5.48. The van der Waals surface area contributed by atoms with Crippen molar-refractivity contribution >= 4 is 11.4 Å². The summed E-state index contributed by atoms with van der Waals surface area (Å²) in [6, 6.07) is 6.22. The molecule has 3 N–H and O–H groups in total. The topological polar surface area (TPSA) is 81.2 Å². The SMILES string of the molecule is NC=CCNc1ccc([N+](=O)[O-])cc1. The Morgan fingerprint density at radius 2 is 2.07 bits per heavy atom. The number of nitrogens with zero attached hydrogens (tertiary/aromatic N) is 1. The van der Waals surface area contributed by atoms with Crippen LogP contribution in [0.3, 0.4) is 0 Å². The van der Waals surface area contributed by atoms with Crippen molar-refractivity contribution in [1.29, 1.82) is 0 Å². The van der Waals surface area contributed by atoms with Gasteiger partial charge in [-0.3, -0.25) is 10.1 Å². The van der Waals surface area contributed by atoms with Crippen molar-refractivity contribution < 1.29 is 4.92 Å². The molecule has 0 radical (unpaired) electrons. The van der Waals surface area contributed by atoms with Crippen molar-refractivity contribution in [3.63, 3.8) is 0 Å². The molecule has 0 saturated heterocycles. The monoisotopic (exact) mass is 193 g/mol. The molecule has 74 valence electrons. The molecule has 5 nitrogen and oxygen atoms in total. The van der Waals surface area contributed by atoms with E-state index in [9.17, 15) is 10.1 Å². The van der Waals surface area contributed by atoms with Crippen LogP contribution in [0.1, 0.15) is 0 Å². The third-order valence-corrected chi connectivity index (χ3v) is 1.64. The van der Waals surface area contributed by atoms with Crippen LogP contribution in [-0.4, -0.2) is 11.5 Å². The molecule has 0 amide bonds. The van der Waals surface area contributed by atoms with Crippen molar-refractivity contribution in [3.05, 3.63) is 46.7 Å². The lowest BCUT2D eigenvalue weighted by molar-refractivity contribution is -0.384. The summed E-state index contributed by atoms with van der Waals surface area (Å²) in [4.78, 5) is 9.90. The lowest BCUT2D eigenvalue weighted by atomic mass is 10.3. The largest absolute Gasteiger partial charge is 0.405 e. The molecule has 1 aromatic rings. The van der Waals surface area contributed by atoms with Crippen LogP contribution in [0, 0.1) is 10.1 Å². The highest BCUT2D eigenvalue weighted by Gasteiger charge is 2.02. The third-order valence-electron chi connectivity index (χ3n) is 1.64. The minimum Gasteiger partial charge on any atom is -0.405 e. The van der Waals surface area contributed by atoms with Crippen molar-refractivity contribution in [2.24, 2.45) is 5.73 Å². The van der Waals surface area contributed by atoms with E-state index in [0.29, 0.717) is 6.54 Å². The van der Waals surface area contributed by atoms with Gasteiger partial charge in [-0.05, 0) is 24.4 Å². The van der Waals surface area contributed by atoms with Gasteiger partial charge in [0.1, 0.15) is 0 Å². The van der Waals surface area contributed by atoms with Crippen LogP contribution < -0.4 is 11.1 Å². The Labute approximate surface area is 81.4 Å². The molecule has 0 bridgehead atoms. The molecule has 0 aliphatic heterocycles. The summed E-state index contributed by atoms with van der Waals surface area (Å²) in [5.74, 6) is 0. The van der Waals surface area contributed by atoms with E-state index in [-0.39, 0.29) is 5.69 Å². The molecule has 0 aromatic heterocycles. The van der Waals surface area contributed by atoms with Crippen molar-refractivity contribution in [2.45, 2.75) is 0 Å². The van der Waals surface area contributed by atoms with Gasteiger partial charge in [-0.1, -0.05) is 0 Å². The maximum absolute atomic E-state index is 10.3. The summed E-state index contributed by atoms with van der Waals surface area (Å²) < 4.78 is 0. The maximum atomic E-state index is 10.3. The van der Waals surface area contributed by atoms with Gasteiger partial charge in [0, 0.05) is 24.4 Å². The van der Waals surface area contributed by atoms with Gasteiger partial charge in [0.05, 0.1) is 4.92 Å². The Kier molecular flexibility index (Phi) is 3.49. The Balaban J connectivity index is 2.59. The number of nitrogens with two attached hydrogens (primary N) is 1. The minimum atomic E-state index is -0.427. The molecule has 0 heterocycles. The van der Waals surface area contributed by atoms with E-state index in [4.69, 9.17) is 5.73 Å². The van der Waals surface area contributed by atoms with Crippen LogP contribution >= 0.6 is 0 Å². The van der Waals surface area contributed by atoms with Gasteiger partial charge in [0.25, 0.3) is 5.69 Å². The highest BCUT2D eigenvalue weighted by Crippen LogP contribution is 2.14. The number of benzene rings is 1. The fourth-order valence-electron chi connectivity index (χ4n) is 0.946. The highest BCUT2D eigenvalue weighted by atomic mass is 16.6. The molecular weight excluding hydrogens is 182 g/mol. The molecule has 1 aromatic carbocycles. The second-order valence-electron chi connectivity index (χ2n) is 2.61. The number of non-ortho nitro benzene ring substituents is 1. The molecule has 0 saturated carbocycles. The first-order valence-corrected chi connectivity index (χ1v) is 4.09. The Hall–Kier alpha value is -2.04. The predicted molar refractivity (Wildman–Crippen MR) is 54.9 cm³/mol. The van der Waals surface area contributed by atoms with Gasteiger partial charge in [-0.2, -0.15) is 0 Å². The van der Waals surface area contributed by atoms with E-state index in [1.807, 2.05) is 0 Å². The Morgan fingerprint density at radius 1 is 1.43 bits per heavy atom. The molecular formula is C9H11N3O2. The van der Waals surface area contributed by atoms with E-state index in [0.717, 1.165) is 5.69 Å². The fourth-order valence-corrected chi connectivity index (χ4v) is 0.946. The van der Waals surface area contributed by atoms with Gasteiger partial charge in [0.15, 0.2) is 0 Å². The standard InChI is InChI=1S/C9H11N3O2/c10-6-1-7-11-8-2-4-9(5-3-8)12(13)14/h1-6,11H,7,10H2. The number of rotatable bonds is 4. The average molecular weight is 193 g/mol. The summed E-state index contributed by atoms with van der Waals surface area (Å²) in [5.41, 5.74) is 6.06. The van der Waals surface area contributed by atoms with Crippen LogP contribution in [0.4, 0.5) is 11.4 Å². The van der Waals surface area contributed by atoms with Crippen LogP contribution in [-0.2, 0) is 0 Å². The lowest BCUT2D eigenvalue weighted by Gasteiger charge is -2.01. The molecule has 0 unspecified atom stereocenters. The van der Waals surface area contributed by atoms with E-state index >= 15 is 0 Å². The number of nitrogens with one attached hydrogen (secondary N) is 1. The van der Waals surface area contributed by atoms with Crippen LogP contribution in [0.5, 0.6) is 0 Å². The first-order chi connectivity index (χ1) is 6.74. The Morgan fingerprint density at radius 3 is 2.57 bits per heavy atom. The second-order valence-corrected chi connectivity index (χ2v) is 2.61. The molecule has 0 aliphatic carbocycles. The third kappa shape index (κ3) is 2.78. The fraction of sp³-hybridized carbons (Fsp3) is 0.111. The molecule has 0 atom stereocenters. The van der Waals surface area contributed by atoms with E-state index in [1.165, 1.54) is 18.3 Å². The van der Waals surface area contributed by atoms with Gasteiger partial charge < -0.3 is 11.1 Å². The van der Waals surface area contributed by atoms with Crippen molar-refractivity contribution in [2.75, 3.05) is 11.9 Å². The van der Waals surface area contributed by atoms with Gasteiger partial charge in [-0.15, -0.1) is 0 Å². The summed E-state index contributed by atoms with van der Waals surface area (Å²) >= 11 is 0. The number of hydrogen-bond acceptors (Lipinski definition) is 4. The normalized spacial score (nSPS) is 10.3. The summed E-state index contributed by atoms with van der Waals surface area (Å²) in [7, 11) is 0. The molecule has 0 aliphatic rings. The zero-order valence-electron chi connectivity index (χ0n) is 7.51. The Bertz CT molecular complexity index is 332. The quantitative estimate of drug-likeness (QED) is 0.560. The van der Waals surface area contributed by atoms with Gasteiger partial charge in [-0.25, -0.2) is 0 Å². The smallest absolute Gasteiger partial charge is 0.269 e. The second kappa shape index (κ2) is 4.86. The van der Waals surface area contributed by atoms with Crippen LogP contribution in [0.25, 0.3) is 0 Å². The van der Waals surface area contributed by atoms with Gasteiger partial charge in [0.2, 0.25) is 0 Å². The maximum Gasteiger partial charge on any atom is 0.269 e. The zero-order chi connectivity index (χ0) is 10.4. The molecule has 5 heteroatoms. The number of hydrogen-bond donors (Lipinski definition) is 2. The summed E-state index contributed by atoms with van der Waals surface area (Å²) in [6.45, 7) is 0.605. The minimum absolute atomic E-state index is 0.0879. The predicted octanol–water partition coefficient (Wildman–Crippen LogP) is 1.48. The zero-order valence-corrected chi connectivity index (χ0v) is 7.51. The van der Waals surface area contributed by atoms with Crippen LogP contribution in [0.2, 0.25) is 0 Å². The van der Waals surface area contributed by atoms with E-state index in [1.54, 1.807) is 18.2 Å². The summed E-state index contributed by atoms with van der Waals surface area (Å²) in [6.07, 6.45) is 3.19. The van der Waals surface area contributed by atoms with Gasteiger partial charge >= 0.3 is 0 Å². The first kappa shape index (κ1) is 10.0. The molecule has 0 spiro atoms. The molecule has 14 heavy (non-hydrogen) atoms. The van der Waals surface area contributed by atoms with E-state index in [2.05, 4.69) is 5.32 Å². The number of anilines is 1.